The first-order chi connectivity index (χ1) is 12.9. The van der Waals surface area contributed by atoms with Gasteiger partial charge in [0.2, 0.25) is 0 Å². The highest BCUT2D eigenvalue weighted by atomic mass is 35.5. The molecular weight excluding hydrogens is 373 g/mol. The van der Waals surface area contributed by atoms with Gasteiger partial charge in [0, 0.05) is 31.0 Å². The van der Waals surface area contributed by atoms with E-state index in [0.29, 0.717) is 23.0 Å². The first-order valence-electron chi connectivity index (χ1n) is 8.33. The maximum atomic E-state index is 14.3. The van der Waals surface area contributed by atoms with Gasteiger partial charge in [-0.1, -0.05) is 36.7 Å². The number of esters is 1. The molecule has 27 heavy (non-hydrogen) atoms. The number of carbonyl (C=O) groups is 2. The van der Waals surface area contributed by atoms with Crippen LogP contribution in [0.3, 0.4) is 0 Å². The zero-order valence-corrected chi connectivity index (χ0v) is 15.5. The van der Waals surface area contributed by atoms with E-state index >= 15 is 0 Å². The van der Waals surface area contributed by atoms with Crippen LogP contribution in [0.4, 0.5) is 10.1 Å². The summed E-state index contributed by atoms with van der Waals surface area (Å²) in [6, 6.07) is 9.37. The molecule has 0 aliphatic carbocycles. The van der Waals surface area contributed by atoms with Gasteiger partial charge in [-0.2, -0.15) is 5.10 Å². The number of hydrogen-bond donors (Lipinski definition) is 1. The first-order valence-corrected chi connectivity index (χ1v) is 8.71. The molecule has 3 aromatic rings. The number of carbonyl (C=O) groups excluding carboxylic acids is 2. The van der Waals surface area contributed by atoms with Crippen molar-refractivity contribution in [1.29, 1.82) is 0 Å². The molecule has 0 saturated carbocycles. The largest absolute Gasteiger partial charge is 0.423 e. The van der Waals surface area contributed by atoms with Crippen LogP contribution in [0.25, 0.3) is 10.9 Å². The van der Waals surface area contributed by atoms with Crippen LogP contribution in [0, 0.1) is 5.82 Å². The van der Waals surface area contributed by atoms with Crippen molar-refractivity contribution in [1.82, 2.24) is 9.78 Å². The molecule has 0 atom stereocenters. The summed E-state index contributed by atoms with van der Waals surface area (Å²) in [5.74, 6) is -2.11. The smallest absolute Gasteiger partial charge is 0.311 e. The topological polar surface area (TPSA) is 73.2 Å². The Morgan fingerprint density at radius 2 is 2.04 bits per heavy atom. The standard InChI is InChI=1S/C19H17ClFN3O3/c1-3-6-17(25)27-16-9-12(20)15(10-13(16)21)22-19(26)18-11-7-4-5-8-14(11)23-24(18)2/h4-5,7-10H,3,6H2,1-2H3,(H,22,26). The second kappa shape index (κ2) is 7.75. The number of aryl methyl sites for hydroxylation is 1. The van der Waals surface area contributed by atoms with Gasteiger partial charge in [0.1, 0.15) is 5.69 Å². The molecule has 0 saturated heterocycles. The predicted octanol–water partition coefficient (Wildman–Crippen LogP) is 4.32. The predicted molar refractivity (Wildman–Crippen MR) is 101 cm³/mol. The lowest BCUT2D eigenvalue weighted by atomic mass is 10.2. The van der Waals surface area contributed by atoms with Gasteiger partial charge in [-0.15, -0.1) is 0 Å². The Labute approximate surface area is 159 Å². The third-order valence-electron chi connectivity index (χ3n) is 3.90. The van der Waals surface area contributed by atoms with Gasteiger partial charge in [0.25, 0.3) is 5.91 Å². The van der Waals surface area contributed by atoms with Gasteiger partial charge in [-0.3, -0.25) is 14.3 Å². The molecule has 0 aliphatic rings. The molecule has 6 nitrogen and oxygen atoms in total. The minimum atomic E-state index is -0.797. The van der Waals surface area contributed by atoms with Crippen LogP contribution < -0.4 is 10.1 Å². The van der Waals surface area contributed by atoms with E-state index < -0.39 is 17.7 Å². The van der Waals surface area contributed by atoms with Gasteiger partial charge in [0.15, 0.2) is 11.6 Å². The van der Waals surface area contributed by atoms with E-state index in [1.807, 2.05) is 13.0 Å². The van der Waals surface area contributed by atoms with Gasteiger partial charge in [0.05, 0.1) is 16.2 Å². The summed E-state index contributed by atoms with van der Waals surface area (Å²) in [5.41, 5.74) is 1.06. The quantitative estimate of drug-likeness (QED) is 0.521. The average Bonchev–Trinajstić information content (AvgIpc) is 2.95. The van der Waals surface area contributed by atoms with Gasteiger partial charge >= 0.3 is 5.97 Å². The van der Waals surface area contributed by atoms with E-state index in [4.69, 9.17) is 16.3 Å². The Morgan fingerprint density at radius 3 is 2.78 bits per heavy atom. The van der Waals surface area contributed by atoms with Crippen LogP contribution in [-0.4, -0.2) is 21.7 Å². The highest BCUT2D eigenvalue weighted by Gasteiger charge is 2.19. The van der Waals surface area contributed by atoms with Crippen molar-refractivity contribution in [2.75, 3.05) is 5.32 Å². The fraction of sp³-hybridized carbons (Fsp3) is 0.211. The number of benzene rings is 2. The molecule has 1 amide bonds. The molecule has 0 unspecified atom stereocenters. The monoisotopic (exact) mass is 389 g/mol. The Balaban J connectivity index is 1.87. The summed E-state index contributed by atoms with van der Waals surface area (Å²) in [5, 5.41) is 7.57. The van der Waals surface area contributed by atoms with E-state index in [-0.39, 0.29) is 22.9 Å². The van der Waals surface area contributed by atoms with Crippen molar-refractivity contribution in [3.05, 3.63) is 52.9 Å². The van der Waals surface area contributed by atoms with Gasteiger partial charge < -0.3 is 10.1 Å². The normalized spacial score (nSPS) is 10.8. The lowest BCUT2D eigenvalue weighted by molar-refractivity contribution is -0.134. The van der Waals surface area contributed by atoms with E-state index in [9.17, 15) is 14.0 Å². The Hall–Kier alpha value is -2.93. The summed E-state index contributed by atoms with van der Waals surface area (Å²) in [6.07, 6.45) is 0.754. The molecule has 1 heterocycles. The minimum absolute atomic E-state index is 0.0514. The molecule has 0 aliphatic heterocycles. The van der Waals surface area contributed by atoms with Crippen LogP contribution >= 0.6 is 11.6 Å². The van der Waals surface area contributed by atoms with Gasteiger partial charge in [-0.25, -0.2) is 4.39 Å². The lowest BCUT2D eigenvalue weighted by Crippen LogP contribution is -2.17. The van der Waals surface area contributed by atoms with Gasteiger partial charge in [-0.05, 0) is 12.5 Å². The van der Waals surface area contributed by atoms with Crippen molar-refractivity contribution in [3.8, 4) is 5.75 Å². The summed E-state index contributed by atoms with van der Waals surface area (Å²) >= 11 is 6.13. The molecule has 0 radical (unpaired) electrons. The number of nitrogens with one attached hydrogen (secondary N) is 1. The van der Waals surface area contributed by atoms with Crippen molar-refractivity contribution >= 4 is 40.1 Å². The minimum Gasteiger partial charge on any atom is -0.423 e. The number of anilines is 1. The SMILES string of the molecule is CCCC(=O)Oc1cc(Cl)c(NC(=O)c2c3ccccc3nn2C)cc1F. The highest BCUT2D eigenvalue weighted by Crippen LogP contribution is 2.31. The summed E-state index contributed by atoms with van der Waals surface area (Å²) in [6.45, 7) is 1.81. The summed E-state index contributed by atoms with van der Waals surface area (Å²) in [4.78, 5) is 24.2. The zero-order valence-electron chi connectivity index (χ0n) is 14.8. The number of hydrogen-bond acceptors (Lipinski definition) is 4. The molecule has 0 bridgehead atoms. The summed E-state index contributed by atoms with van der Waals surface area (Å²) < 4.78 is 20.7. The lowest BCUT2D eigenvalue weighted by Gasteiger charge is -2.11. The number of rotatable bonds is 5. The van der Waals surface area contributed by atoms with E-state index in [2.05, 4.69) is 10.4 Å². The fourth-order valence-corrected chi connectivity index (χ4v) is 2.88. The Kier molecular flexibility index (Phi) is 5.41. The first kappa shape index (κ1) is 18.8. The maximum absolute atomic E-state index is 14.3. The second-order valence-corrected chi connectivity index (χ2v) is 6.34. The fourth-order valence-electron chi connectivity index (χ4n) is 2.68. The van der Waals surface area contributed by atoms with Crippen LogP contribution in [0.1, 0.15) is 30.3 Å². The molecule has 0 fully saturated rings. The summed E-state index contributed by atoms with van der Waals surface area (Å²) in [7, 11) is 1.65. The number of halogens is 2. The number of aromatic nitrogens is 2. The van der Waals surface area contributed by atoms with Crippen LogP contribution in [0.15, 0.2) is 36.4 Å². The second-order valence-electron chi connectivity index (χ2n) is 5.93. The maximum Gasteiger partial charge on any atom is 0.311 e. The number of nitrogens with zero attached hydrogens (tertiary/aromatic N) is 2. The highest BCUT2D eigenvalue weighted by molar-refractivity contribution is 6.34. The molecule has 2 aromatic carbocycles. The molecule has 140 valence electrons. The van der Waals surface area contributed by atoms with Crippen molar-refractivity contribution in [2.24, 2.45) is 7.05 Å². The molecule has 8 heteroatoms. The molecule has 1 aromatic heterocycles. The van der Waals surface area contributed by atoms with E-state index in [0.717, 1.165) is 6.07 Å². The Bertz CT molecular complexity index is 1030. The molecule has 3 rings (SSSR count). The van der Waals surface area contributed by atoms with Crippen molar-refractivity contribution in [3.63, 3.8) is 0 Å². The third-order valence-corrected chi connectivity index (χ3v) is 4.22. The van der Waals surface area contributed by atoms with E-state index in [1.54, 1.807) is 25.2 Å². The van der Waals surface area contributed by atoms with Crippen molar-refractivity contribution in [2.45, 2.75) is 19.8 Å². The van der Waals surface area contributed by atoms with Crippen LogP contribution in [-0.2, 0) is 11.8 Å². The van der Waals surface area contributed by atoms with Crippen molar-refractivity contribution < 1.29 is 18.7 Å². The average molecular weight is 390 g/mol. The molecular formula is C19H17ClFN3O3. The zero-order chi connectivity index (χ0) is 19.6. The van der Waals surface area contributed by atoms with Crippen LogP contribution in [0.5, 0.6) is 5.75 Å². The molecule has 0 spiro atoms. The Morgan fingerprint density at radius 1 is 1.30 bits per heavy atom. The third kappa shape index (κ3) is 3.93. The number of fused-ring (bicyclic) bond motifs is 1. The van der Waals surface area contributed by atoms with Crippen LogP contribution in [0.2, 0.25) is 5.02 Å². The number of ether oxygens (including phenoxy) is 1. The number of amides is 1. The van der Waals surface area contributed by atoms with E-state index in [1.165, 1.54) is 10.7 Å². The molecule has 1 N–H and O–H groups in total.